The third-order valence-electron chi connectivity index (χ3n) is 1.95. The van der Waals surface area contributed by atoms with Crippen LogP contribution in [0.2, 0.25) is 0 Å². The summed E-state index contributed by atoms with van der Waals surface area (Å²) in [6, 6.07) is 4.64. The molecule has 1 heterocycles. The molecule has 2 N–H and O–H groups in total. The average molecular weight is 212 g/mol. The normalized spacial score (nSPS) is 12.0. The third kappa shape index (κ3) is 1.47. The highest BCUT2D eigenvalue weighted by Crippen LogP contribution is 2.17. The monoisotopic (exact) mass is 212 g/mol. The van der Waals surface area contributed by atoms with Crippen LogP contribution in [-0.2, 0) is 0 Å². The van der Waals surface area contributed by atoms with Crippen LogP contribution in [0.1, 0.15) is 5.56 Å². The van der Waals surface area contributed by atoms with Gasteiger partial charge >= 0.3 is 0 Å². The van der Waals surface area contributed by atoms with Crippen LogP contribution < -0.4 is 0 Å². The molecule has 0 saturated carbocycles. The van der Waals surface area contributed by atoms with Crippen molar-refractivity contribution in [1.29, 1.82) is 0 Å². The molecule has 0 atom stereocenters. The van der Waals surface area contributed by atoms with Crippen molar-refractivity contribution in [2.45, 2.75) is 0 Å². The molecule has 78 valence electrons. The van der Waals surface area contributed by atoms with E-state index in [9.17, 15) is 8.96 Å². The molecule has 0 fully saturated rings. The van der Waals surface area contributed by atoms with Crippen molar-refractivity contribution in [1.82, 2.24) is 15.3 Å². The number of rotatable bonds is 1. The average Bonchev–Trinajstić information content (AvgIpc) is 2.66. The van der Waals surface area contributed by atoms with Crippen LogP contribution >= 0.6 is 0 Å². The van der Waals surface area contributed by atoms with Crippen molar-refractivity contribution in [3.8, 4) is 0 Å². The van der Waals surface area contributed by atoms with Gasteiger partial charge in [-0.1, -0.05) is 20.2 Å². The molecule has 0 saturated heterocycles. The van der Waals surface area contributed by atoms with Gasteiger partial charge in [-0.05, 0) is 17.5 Å². The number of amidine groups is 1. The number of aromatic nitrogens is 2. The summed E-state index contributed by atoms with van der Waals surface area (Å²) in [7, 11) is 0. The van der Waals surface area contributed by atoms with E-state index in [-0.39, 0.29) is 5.56 Å². The summed E-state index contributed by atoms with van der Waals surface area (Å²) in [5.41, 5.74) is 0.974. The third-order valence-corrected chi connectivity index (χ3v) is 1.95. The molecular weight excluding hydrogens is 206 g/mol. The van der Waals surface area contributed by atoms with Crippen molar-refractivity contribution < 1.29 is 14.2 Å². The fraction of sp³-hybridized carbons (Fsp3) is 0. The predicted molar refractivity (Wildman–Crippen MR) is 48.5 cm³/mol. The summed E-state index contributed by atoms with van der Waals surface area (Å²) in [5.74, 6) is -0.840. The van der Waals surface area contributed by atoms with Crippen LogP contribution in [0.15, 0.2) is 29.7 Å². The number of H-pyrrole nitrogens is 1. The quantitative estimate of drug-likeness (QED) is 0.249. The minimum atomic E-state index is -1.26. The van der Waals surface area contributed by atoms with Gasteiger partial charge in [-0.3, -0.25) is 0 Å². The fourth-order valence-electron chi connectivity index (χ4n) is 1.32. The summed E-state index contributed by atoms with van der Waals surface area (Å²) >= 11 is 0. The molecule has 0 aliphatic heterocycles. The second kappa shape index (κ2) is 3.52. The lowest BCUT2D eigenvalue weighted by Gasteiger charge is -2.04. The summed E-state index contributed by atoms with van der Waals surface area (Å²) in [5, 5.41) is 9.74. The minimum Gasteiger partial charge on any atom is -0.409 e. The number of aromatic amines is 1. The summed E-state index contributed by atoms with van der Waals surface area (Å²) < 4.78 is 24.6. The molecule has 15 heavy (non-hydrogen) atoms. The van der Waals surface area contributed by atoms with E-state index < -0.39 is 11.2 Å². The molecule has 5 nitrogen and oxygen atoms in total. The van der Waals surface area contributed by atoms with E-state index >= 15 is 0 Å². The van der Waals surface area contributed by atoms with Gasteiger partial charge in [0, 0.05) is 0 Å². The van der Waals surface area contributed by atoms with E-state index in [2.05, 4.69) is 15.1 Å². The Kier molecular flexibility index (Phi) is 2.20. The lowest BCUT2D eigenvalue weighted by Crippen LogP contribution is -2.15. The van der Waals surface area contributed by atoms with E-state index in [4.69, 9.17) is 5.21 Å². The van der Waals surface area contributed by atoms with Gasteiger partial charge in [0.05, 0.1) is 22.9 Å². The maximum absolute atomic E-state index is 12.3. The largest absolute Gasteiger partial charge is 0.409 e. The number of oxime groups is 1. The van der Waals surface area contributed by atoms with Gasteiger partial charge in [0.2, 0.25) is 5.84 Å². The Morgan fingerprint density at radius 1 is 1.47 bits per heavy atom. The van der Waals surface area contributed by atoms with Gasteiger partial charge in [0.15, 0.2) is 0 Å². The summed E-state index contributed by atoms with van der Waals surface area (Å²) in [6.07, 6.45) is 1.38. The van der Waals surface area contributed by atoms with Crippen LogP contribution in [0, 0.1) is 0 Å². The first-order valence-electron chi connectivity index (χ1n) is 4.00. The molecule has 0 spiro atoms. The molecule has 1 aromatic heterocycles. The number of benzene rings is 1. The molecule has 0 radical (unpaired) electrons. The zero-order valence-electron chi connectivity index (χ0n) is 7.35. The Hall–Kier alpha value is -2.18. The number of imidazole rings is 1. The Morgan fingerprint density at radius 3 is 2.93 bits per heavy atom. The highest BCUT2D eigenvalue weighted by Gasteiger charge is 2.17. The maximum Gasteiger partial charge on any atom is 0.241 e. The van der Waals surface area contributed by atoms with Crippen LogP contribution in [-0.4, -0.2) is 26.4 Å². The van der Waals surface area contributed by atoms with Gasteiger partial charge in [-0.15, -0.1) is 0 Å². The van der Waals surface area contributed by atoms with Crippen molar-refractivity contribution in [3.05, 3.63) is 30.1 Å². The zero-order valence-corrected chi connectivity index (χ0v) is 7.35. The Balaban J connectivity index is 2.65. The van der Waals surface area contributed by atoms with Gasteiger partial charge < -0.3 is 10.2 Å². The first kappa shape index (κ1) is 9.38. The number of fused-ring (bicyclic) bond motifs is 1. The van der Waals surface area contributed by atoms with Gasteiger partial charge in [-0.25, -0.2) is 4.98 Å². The Labute approximate surface area is 82.5 Å². The Morgan fingerprint density at radius 2 is 2.27 bits per heavy atom. The second-order valence-electron chi connectivity index (χ2n) is 2.76. The Bertz CT molecular complexity index is 508. The van der Waals surface area contributed by atoms with Crippen LogP contribution in [0.5, 0.6) is 0 Å². The highest BCUT2D eigenvalue weighted by molar-refractivity contribution is 6.06. The molecule has 0 amide bonds. The molecule has 0 aliphatic rings. The topological polar surface area (TPSA) is 64.5 Å². The van der Waals surface area contributed by atoms with Gasteiger partial charge in [0.25, 0.3) is 0 Å². The smallest absolute Gasteiger partial charge is 0.241 e. The number of nitrogens with zero attached hydrogens (tertiary/aromatic N) is 3. The number of hydrogen-bond donors (Lipinski definition) is 2. The van der Waals surface area contributed by atoms with E-state index in [0.29, 0.717) is 11.0 Å². The lowest BCUT2D eigenvalue weighted by atomic mass is 10.1. The molecular formula is C8H6F2N4O. The van der Waals surface area contributed by atoms with Crippen molar-refractivity contribution >= 4 is 16.9 Å². The molecule has 0 bridgehead atoms. The maximum atomic E-state index is 12.3. The van der Waals surface area contributed by atoms with E-state index in [0.717, 1.165) is 0 Å². The molecule has 1 aromatic carbocycles. The first-order chi connectivity index (χ1) is 7.24. The molecule has 7 heteroatoms. The molecule has 0 unspecified atom stereocenters. The number of hydrogen-bond acceptors (Lipinski definition) is 3. The summed E-state index contributed by atoms with van der Waals surface area (Å²) in [6.45, 7) is 0. The van der Waals surface area contributed by atoms with Crippen molar-refractivity contribution in [2.75, 3.05) is 0 Å². The highest BCUT2D eigenvalue weighted by atomic mass is 19.4. The standard InChI is InChI=1S/C8H6F2N4O/c9-14(10)8(13-15)5-2-1-3-6-7(5)12-4-11-6/h1-4,15H,(H,11,12). The van der Waals surface area contributed by atoms with Crippen LogP contribution in [0.25, 0.3) is 11.0 Å². The van der Waals surface area contributed by atoms with E-state index in [1.165, 1.54) is 12.4 Å². The number of halogens is 2. The van der Waals surface area contributed by atoms with Crippen LogP contribution in [0.4, 0.5) is 8.96 Å². The van der Waals surface area contributed by atoms with Gasteiger partial charge in [0.1, 0.15) is 0 Å². The second-order valence-corrected chi connectivity index (χ2v) is 2.76. The van der Waals surface area contributed by atoms with Crippen molar-refractivity contribution in [3.63, 3.8) is 0 Å². The summed E-state index contributed by atoms with van der Waals surface area (Å²) in [4.78, 5) is 6.63. The minimum absolute atomic E-state index is 0.0567. The van der Waals surface area contributed by atoms with E-state index in [1.54, 1.807) is 12.1 Å². The fourth-order valence-corrected chi connectivity index (χ4v) is 1.32. The van der Waals surface area contributed by atoms with Gasteiger partial charge in [-0.2, -0.15) is 0 Å². The van der Waals surface area contributed by atoms with Crippen LogP contribution in [0.3, 0.4) is 0 Å². The molecule has 2 aromatic rings. The zero-order chi connectivity index (χ0) is 10.8. The molecule has 0 aliphatic carbocycles. The predicted octanol–water partition coefficient (Wildman–Crippen LogP) is 1.77. The van der Waals surface area contributed by atoms with E-state index in [1.807, 2.05) is 0 Å². The van der Waals surface area contributed by atoms with Crippen molar-refractivity contribution in [2.24, 2.45) is 5.16 Å². The number of para-hydroxylation sites is 1. The number of nitrogens with one attached hydrogen (secondary N) is 1. The molecule has 2 rings (SSSR count). The SMILES string of the molecule is ON=C(c1cccc2[nH]cnc12)N(F)F. The first-order valence-corrected chi connectivity index (χ1v) is 4.00. The lowest BCUT2D eigenvalue weighted by molar-refractivity contribution is -0.0755.